The van der Waals surface area contributed by atoms with Gasteiger partial charge in [0, 0.05) is 18.8 Å². The zero-order chi connectivity index (χ0) is 10.1. The summed E-state index contributed by atoms with van der Waals surface area (Å²) >= 11 is 0. The van der Waals surface area contributed by atoms with E-state index < -0.39 is 5.97 Å². The molecule has 0 unspecified atom stereocenters. The van der Waals surface area contributed by atoms with E-state index >= 15 is 0 Å². The molecular formula is C10H12N2O2. The molecule has 0 radical (unpaired) electrons. The average Bonchev–Trinajstić information content (AvgIpc) is 2.70. The predicted octanol–water partition coefficient (Wildman–Crippen LogP) is 1.44. The van der Waals surface area contributed by atoms with E-state index in [9.17, 15) is 4.79 Å². The molecule has 1 aromatic rings. The summed E-state index contributed by atoms with van der Waals surface area (Å²) in [5, 5.41) is 13.2. The number of nitrogens with zero attached hydrogens (tertiary/aromatic N) is 2. The van der Waals surface area contributed by atoms with E-state index in [4.69, 9.17) is 5.11 Å². The highest BCUT2D eigenvalue weighted by molar-refractivity contribution is 5.97. The van der Waals surface area contributed by atoms with E-state index in [0.717, 1.165) is 24.1 Å². The second-order valence-electron chi connectivity index (χ2n) is 3.49. The Bertz CT molecular complexity index is 404. The topological polar surface area (TPSA) is 55.1 Å². The highest BCUT2D eigenvalue weighted by Crippen LogP contribution is 2.32. The fraction of sp³-hybridized carbons (Fsp3) is 0.400. The summed E-state index contributed by atoms with van der Waals surface area (Å²) in [7, 11) is 1.83. The van der Waals surface area contributed by atoms with Gasteiger partial charge < -0.3 is 5.11 Å². The summed E-state index contributed by atoms with van der Waals surface area (Å²) in [6.45, 7) is 0. The molecule has 0 atom stereocenters. The van der Waals surface area contributed by atoms with Gasteiger partial charge in [0.05, 0.1) is 5.69 Å². The molecule has 74 valence electrons. The van der Waals surface area contributed by atoms with Gasteiger partial charge in [0.2, 0.25) is 0 Å². The van der Waals surface area contributed by atoms with E-state index in [2.05, 4.69) is 5.10 Å². The molecular weight excluding hydrogens is 180 g/mol. The van der Waals surface area contributed by atoms with Crippen LogP contribution in [0.5, 0.6) is 0 Å². The van der Waals surface area contributed by atoms with E-state index in [1.807, 2.05) is 19.3 Å². The van der Waals surface area contributed by atoms with Crippen molar-refractivity contribution in [1.82, 2.24) is 9.78 Å². The van der Waals surface area contributed by atoms with Crippen LogP contribution in [0.2, 0.25) is 0 Å². The zero-order valence-corrected chi connectivity index (χ0v) is 8.03. The van der Waals surface area contributed by atoms with Gasteiger partial charge in [0.1, 0.15) is 0 Å². The summed E-state index contributed by atoms with van der Waals surface area (Å²) in [4.78, 5) is 10.9. The van der Waals surface area contributed by atoms with Gasteiger partial charge in [-0.2, -0.15) is 5.10 Å². The van der Waals surface area contributed by atoms with Crippen LogP contribution in [0.15, 0.2) is 17.8 Å². The minimum Gasteiger partial charge on any atom is -0.478 e. The monoisotopic (exact) mass is 192 g/mol. The lowest BCUT2D eigenvalue weighted by molar-refractivity contribution is -0.132. The third kappa shape index (κ3) is 1.43. The van der Waals surface area contributed by atoms with Crippen LogP contribution in [0.25, 0.3) is 5.57 Å². The molecule has 4 heteroatoms. The first-order chi connectivity index (χ1) is 6.68. The Kier molecular flexibility index (Phi) is 2.11. The highest BCUT2D eigenvalue weighted by Gasteiger charge is 2.22. The number of carboxylic acid groups (broad SMARTS) is 1. The van der Waals surface area contributed by atoms with Crippen LogP contribution in [-0.4, -0.2) is 20.9 Å². The predicted molar refractivity (Wildman–Crippen MR) is 51.6 cm³/mol. The SMILES string of the molecule is Cn1ccc(C2=C(C(=O)O)CCC2)n1. The van der Waals surface area contributed by atoms with Crippen molar-refractivity contribution in [3.05, 3.63) is 23.5 Å². The van der Waals surface area contributed by atoms with E-state index in [-0.39, 0.29) is 0 Å². The van der Waals surface area contributed by atoms with Crippen molar-refractivity contribution < 1.29 is 9.90 Å². The molecule has 0 fully saturated rings. The molecule has 0 saturated carbocycles. The fourth-order valence-electron chi connectivity index (χ4n) is 1.84. The number of hydrogen-bond donors (Lipinski definition) is 1. The zero-order valence-electron chi connectivity index (χ0n) is 8.03. The van der Waals surface area contributed by atoms with Gasteiger partial charge in [0.15, 0.2) is 0 Å². The summed E-state index contributed by atoms with van der Waals surface area (Å²) in [5.74, 6) is -0.803. The Morgan fingerprint density at radius 1 is 1.57 bits per heavy atom. The number of allylic oxidation sites excluding steroid dienone is 1. The number of carboxylic acids is 1. The maximum absolute atomic E-state index is 10.9. The molecule has 0 spiro atoms. The molecule has 1 aliphatic rings. The van der Waals surface area contributed by atoms with Crippen molar-refractivity contribution in [3.8, 4) is 0 Å². The minimum atomic E-state index is -0.803. The van der Waals surface area contributed by atoms with Gasteiger partial charge in [-0.05, 0) is 30.9 Å². The Morgan fingerprint density at radius 3 is 2.93 bits per heavy atom. The highest BCUT2D eigenvalue weighted by atomic mass is 16.4. The van der Waals surface area contributed by atoms with Crippen LogP contribution in [0, 0.1) is 0 Å². The number of aliphatic carboxylic acids is 1. The van der Waals surface area contributed by atoms with Crippen molar-refractivity contribution in [2.24, 2.45) is 7.05 Å². The number of rotatable bonds is 2. The summed E-state index contributed by atoms with van der Waals surface area (Å²) in [6, 6.07) is 1.86. The summed E-state index contributed by atoms with van der Waals surface area (Å²) in [6.07, 6.45) is 4.26. The Hall–Kier alpha value is -1.58. The van der Waals surface area contributed by atoms with E-state index in [1.165, 1.54) is 0 Å². The molecule has 0 bridgehead atoms. The number of aromatic nitrogens is 2. The van der Waals surface area contributed by atoms with Crippen LogP contribution >= 0.6 is 0 Å². The first-order valence-electron chi connectivity index (χ1n) is 4.64. The van der Waals surface area contributed by atoms with E-state index in [1.54, 1.807) is 4.68 Å². The Morgan fingerprint density at radius 2 is 2.36 bits per heavy atom. The summed E-state index contributed by atoms with van der Waals surface area (Å²) < 4.78 is 1.69. The van der Waals surface area contributed by atoms with Gasteiger partial charge in [0.25, 0.3) is 0 Å². The lowest BCUT2D eigenvalue weighted by atomic mass is 10.1. The van der Waals surface area contributed by atoms with Crippen LogP contribution in [0.3, 0.4) is 0 Å². The largest absolute Gasteiger partial charge is 0.478 e. The molecule has 0 aromatic carbocycles. The van der Waals surface area contributed by atoms with Gasteiger partial charge in [-0.15, -0.1) is 0 Å². The minimum absolute atomic E-state index is 0.531. The molecule has 1 N–H and O–H groups in total. The third-order valence-corrected chi connectivity index (χ3v) is 2.50. The Balaban J connectivity index is 2.42. The van der Waals surface area contributed by atoms with Crippen LogP contribution < -0.4 is 0 Å². The van der Waals surface area contributed by atoms with Crippen molar-refractivity contribution >= 4 is 11.5 Å². The molecule has 1 aliphatic carbocycles. The van der Waals surface area contributed by atoms with Gasteiger partial charge >= 0.3 is 5.97 Å². The van der Waals surface area contributed by atoms with Gasteiger partial charge in [-0.3, -0.25) is 4.68 Å². The van der Waals surface area contributed by atoms with Gasteiger partial charge in [-0.25, -0.2) is 4.79 Å². The standard InChI is InChI=1S/C10H12N2O2/c1-12-6-5-9(11-12)7-3-2-4-8(7)10(13)14/h5-6H,2-4H2,1H3,(H,13,14). The maximum Gasteiger partial charge on any atom is 0.331 e. The molecule has 14 heavy (non-hydrogen) atoms. The van der Waals surface area contributed by atoms with Crippen molar-refractivity contribution in [1.29, 1.82) is 0 Å². The molecule has 2 rings (SSSR count). The fourth-order valence-corrected chi connectivity index (χ4v) is 1.84. The van der Waals surface area contributed by atoms with Crippen molar-refractivity contribution in [3.63, 3.8) is 0 Å². The lowest BCUT2D eigenvalue weighted by Gasteiger charge is -1.98. The second-order valence-corrected chi connectivity index (χ2v) is 3.49. The molecule has 1 aromatic heterocycles. The smallest absolute Gasteiger partial charge is 0.331 e. The molecule has 0 aliphatic heterocycles. The van der Waals surface area contributed by atoms with Crippen molar-refractivity contribution in [2.75, 3.05) is 0 Å². The van der Waals surface area contributed by atoms with Crippen LogP contribution in [0.1, 0.15) is 25.0 Å². The van der Waals surface area contributed by atoms with Crippen LogP contribution in [0.4, 0.5) is 0 Å². The van der Waals surface area contributed by atoms with Crippen molar-refractivity contribution in [2.45, 2.75) is 19.3 Å². The number of carbonyl (C=O) groups is 1. The average molecular weight is 192 g/mol. The lowest BCUT2D eigenvalue weighted by Crippen LogP contribution is -2.00. The quantitative estimate of drug-likeness (QED) is 0.771. The molecule has 1 heterocycles. The molecule has 4 nitrogen and oxygen atoms in total. The van der Waals surface area contributed by atoms with Crippen LogP contribution in [-0.2, 0) is 11.8 Å². The molecule has 0 saturated heterocycles. The molecule has 0 amide bonds. The first-order valence-corrected chi connectivity index (χ1v) is 4.64. The normalized spacial score (nSPS) is 16.4. The third-order valence-electron chi connectivity index (χ3n) is 2.50. The maximum atomic E-state index is 10.9. The summed E-state index contributed by atoms with van der Waals surface area (Å²) in [5.41, 5.74) is 2.24. The van der Waals surface area contributed by atoms with E-state index in [0.29, 0.717) is 12.0 Å². The number of hydrogen-bond acceptors (Lipinski definition) is 2. The second kappa shape index (κ2) is 3.29. The first kappa shape index (κ1) is 8.99. The number of aryl methyl sites for hydroxylation is 1. The Labute approximate surface area is 81.9 Å². The van der Waals surface area contributed by atoms with Gasteiger partial charge in [-0.1, -0.05) is 0 Å².